The normalized spacial score (nSPS) is 13.6. The molecule has 476 valence electrons. The molecule has 0 aromatic rings. The van der Waals surface area contributed by atoms with Gasteiger partial charge in [0.05, 0.1) is 51.1 Å². The number of ketones is 4. The van der Waals surface area contributed by atoms with Crippen molar-refractivity contribution in [3.05, 3.63) is 0 Å². The van der Waals surface area contributed by atoms with Gasteiger partial charge in [0.25, 0.3) is 0 Å². The molecule has 0 saturated carbocycles. The van der Waals surface area contributed by atoms with Crippen molar-refractivity contribution in [3.63, 3.8) is 0 Å². The quantitative estimate of drug-likeness (QED) is 0.0284. The molecule has 0 aliphatic heterocycles. The van der Waals surface area contributed by atoms with E-state index in [1.54, 1.807) is 0 Å². The molecule has 0 bridgehead atoms. The predicted octanol–water partition coefficient (Wildman–Crippen LogP) is -2.35. The molecule has 0 aromatic carbocycles. The minimum atomic E-state index is -1.24. The van der Waals surface area contributed by atoms with Crippen LogP contribution in [-0.4, -0.2) is 213 Å². The van der Waals surface area contributed by atoms with Gasteiger partial charge in [-0.15, -0.1) is 0 Å². The number of unbranched alkanes of at least 4 members (excludes halogenated alkanes) is 2. The summed E-state index contributed by atoms with van der Waals surface area (Å²) in [6.07, 6.45) is 0.911. The molecule has 27 nitrogen and oxygen atoms in total. The standard InChI is InChI=1S/C53H90N12O15S4/c1-8-55-18-11-10-16-41(48(54)75)65-51(78)35(15-9-12-19-56-45(72)26-61-52(79)42(31-83-6)64-47(74)28-62-53(80)43(32-84-7)63-46(73)27-57-34(3)67)20-38(68)24-59-50(77)37(30-82-5)22-40(70)25-60-49(76)36(29-81-4)21-39(69)23-58-44(71)17-13-14-33(2)66/h35-37,41-43,55H,8-32H2,1-7H3,(H2,54,75)(H,56,72)(H,57,67)(H,58,71)(H,59,77)(H,60,76)(H,61,79)(H,62,80)(H,63,73)(H,64,74)(H,65,78)/t35-,36+,37+,41+,42+,43+/m1/s1/i4D,5D,6D,7D. The van der Waals surface area contributed by atoms with Crippen LogP contribution in [-0.2, 0) is 71.9 Å². The molecule has 0 heterocycles. The first kappa shape index (κ1) is 70.7. The molecule has 0 aromatic heterocycles. The summed E-state index contributed by atoms with van der Waals surface area (Å²) in [5.41, 5.74) is 5.65. The van der Waals surface area contributed by atoms with Crippen LogP contribution >= 0.6 is 47.0 Å². The van der Waals surface area contributed by atoms with Gasteiger partial charge in [0.15, 0.2) is 17.3 Å². The third-order valence-electron chi connectivity index (χ3n) is 12.0. The van der Waals surface area contributed by atoms with E-state index < -0.39 is 164 Å². The van der Waals surface area contributed by atoms with Gasteiger partial charge in [0.1, 0.15) is 23.9 Å². The molecular formula is C53H90N12O15S4. The lowest BCUT2D eigenvalue weighted by molar-refractivity contribution is -0.133. The zero-order valence-electron chi connectivity index (χ0n) is 52.3. The van der Waals surface area contributed by atoms with Gasteiger partial charge in [-0.1, -0.05) is 13.3 Å². The van der Waals surface area contributed by atoms with Crippen LogP contribution in [0.25, 0.3) is 0 Å². The van der Waals surface area contributed by atoms with E-state index in [0.29, 0.717) is 25.8 Å². The van der Waals surface area contributed by atoms with Crippen molar-refractivity contribution >= 4 is 135 Å². The highest BCUT2D eigenvalue weighted by Crippen LogP contribution is 2.17. The number of carbonyl (C=O) groups is 15. The molecule has 0 radical (unpaired) electrons. The summed E-state index contributed by atoms with van der Waals surface area (Å²) in [4.78, 5) is 191. The van der Waals surface area contributed by atoms with Gasteiger partial charge < -0.3 is 69.0 Å². The van der Waals surface area contributed by atoms with Crippen LogP contribution in [0, 0.1) is 17.8 Å². The Morgan fingerprint density at radius 3 is 1.36 bits per heavy atom. The average Bonchev–Trinajstić information content (AvgIpc) is 3.54. The van der Waals surface area contributed by atoms with Crippen LogP contribution in [0.5, 0.6) is 0 Å². The fraction of sp³-hybridized carbons (Fsp3) is 0.717. The Kier molecular flexibility index (Phi) is 39.9. The maximum absolute atomic E-state index is 13.8. The van der Waals surface area contributed by atoms with Crippen molar-refractivity contribution in [3.8, 4) is 0 Å². The highest BCUT2D eigenvalue weighted by atomic mass is 32.2. The smallest absolute Gasteiger partial charge is 0.243 e. The molecule has 13 N–H and O–H groups in total. The summed E-state index contributed by atoms with van der Waals surface area (Å²) in [6.45, 7) is 2.97. The van der Waals surface area contributed by atoms with Crippen LogP contribution in [0.4, 0.5) is 0 Å². The van der Waals surface area contributed by atoms with Crippen molar-refractivity contribution < 1.29 is 77.4 Å². The summed E-state index contributed by atoms with van der Waals surface area (Å²) in [5.74, 6) is -12.2. The number of rotatable bonds is 50. The number of hydrogen-bond acceptors (Lipinski definition) is 20. The molecule has 0 spiro atoms. The van der Waals surface area contributed by atoms with Gasteiger partial charge in [-0.25, -0.2) is 0 Å². The first-order valence-electron chi connectivity index (χ1n) is 30.0. The molecule has 0 fully saturated rings. The van der Waals surface area contributed by atoms with Crippen molar-refractivity contribution in [2.45, 2.75) is 116 Å². The Labute approximate surface area is 515 Å². The SMILES string of the molecule is [2H]CSC[C@H](CC(=O)CNC(=O)CCCC(C)=O)C(=O)NCC(=O)C[C@@H](CSC[2H])C(=O)NCC(=O)C[C@@H](CCCCNC(=O)CNC(=O)[C@H](CSC[2H])NC(=O)CNC(=O)[C@H](CSC[2H])NC(=O)CNC(C)=O)C(=O)N[C@@H](CCCCNCC)C(N)=O. The zero-order chi connectivity index (χ0) is 66.2. The second-order valence-corrected chi connectivity index (χ2v) is 22.3. The molecule has 0 unspecified atom stereocenters. The van der Waals surface area contributed by atoms with E-state index in [2.05, 4.69) is 58.5 Å². The summed E-state index contributed by atoms with van der Waals surface area (Å²) >= 11 is 4.10. The van der Waals surface area contributed by atoms with E-state index in [1.807, 2.05) is 6.92 Å². The van der Waals surface area contributed by atoms with E-state index in [9.17, 15) is 71.9 Å². The Hall–Kier alpha value is -5.79. The molecule has 84 heavy (non-hydrogen) atoms. The van der Waals surface area contributed by atoms with Gasteiger partial charge in [0, 0.05) is 80.0 Å². The third kappa shape index (κ3) is 38.9. The van der Waals surface area contributed by atoms with Crippen LogP contribution in [0.2, 0.25) is 0 Å². The average molecular weight is 1270 g/mol. The van der Waals surface area contributed by atoms with Crippen LogP contribution in [0.1, 0.15) is 103 Å². The molecule has 0 aliphatic carbocycles. The van der Waals surface area contributed by atoms with Crippen molar-refractivity contribution in [2.24, 2.45) is 23.5 Å². The van der Waals surface area contributed by atoms with E-state index in [4.69, 9.17) is 11.2 Å². The van der Waals surface area contributed by atoms with Gasteiger partial charge in [-0.2, -0.15) is 47.0 Å². The van der Waals surface area contributed by atoms with Gasteiger partial charge in [0.2, 0.25) is 65.0 Å². The Morgan fingerprint density at radius 1 is 0.417 bits per heavy atom. The minimum absolute atomic E-state index is 0.00386. The number of carbonyl (C=O) groups excluding carboxylic acids is 15. The Bertz CT molecular complexity index is 2290. The van der Waals surface area contributed by atoms with Crippen LogP contribution in [0.15, 0.2) is 0 Å². The summed E-state index contributed by atoms with van der Waals surface area (Å²) in [5, 5.41) is 27.8. The van der Waals surface area contributed by atoms with E-state index in [-0.39, 0.29) is 112 Å². The predicted molar refractivity (Wildman–Crippen MR) is 325 cm³/mol. The second kappa shape index (κ2) is 47.5. The Balaban J connectivity index is 5.75. The van der Waals surface area contributed by atoms with Crippen molar-refractivity contribution in [2.75, 3.05) is 107 Å². The van der Waals surface area contributed by atoms with E-state index in [1.165, 1.54) is 13.8 Å². The lowest BCUT2D eigenvalue weighted by atomic mass is 9.94. The molecule has 0 saturated heterocycles. The first-order chi connectivity index (χ1) is 41.9. The molecule has 0 aliphatic rings. The maximum atomic E-state index is 13.8. The largest absolute Gasteiger partial charge is 0.368 e. The maximum Gasteiger partial charge on any atom is 0.243 e. The van der Waals surface area contributed by atoms with Crippen LogP contribution in [0.3, 0.4) is 0 Å². The number of thioether (sulfide) groups is 4. The monoisotopic (exact) mass is 1270 g/mol. The fourth-order valence-electron chi connectivity index (χ4n) is 7.58. The minimum Gasteiger partial charge on any atom is -0.368 e. The number of hydrogen-bond donors (Lipinski definition) is 12. The second-order valence-electron chi connectivity index (χ2n) is 19.3. The van der Waals surface area contributed by atoms with E-state index in [0.717, 1.165) is 53.6 Å². The summed E-state index contributed by atoms with van der Waals surface area (Å²) in [7, 11) is 0. The number of primary amides is 1. The topological polar surface area (TPSA) is 414 Å². The number of nitrogens with one attached hydrogen (secondary N) is 11. The molecule has 6 atom stereocenters. The van der Waals surface area contributed by atoms with Gasteiger partial charge >= 0.3 is 0 Å². The van der Waals surface area contributed by atoms with E-state index >= 15 is 0 Å². The van der Waals surface area contributed by atoms with Crippen LogP contribution < -0.4 is 64.2 Å². The third-order valence-corrected chi connectivity index (χ3v) is 14.4. The number of Topliss-reactive ketones (excluding diaryl/α,β-unsaturated/α-hetero) is 4. The highest BCUT2D eigenvalue weighted by molar-refractivity contribution is 7.99. The van der Waals surface area contributed by atoms with Gasteiger partial charge in [-0.05, 0) is 83.5 Å². The lowest BCUT2D eigenvalue weighted by Crippen LogP contribution is -2.54. The fourth-order valence-corrected chi connectivity index (χ4v) is 9.63. The lowest BCUT2D eigenvalue weighted by Gasteiger charge is -2.21. The first-order valence-corrected chi connectivity index (χ1v) is 31.8. The summed E-state index contributed by atoms with van der Waals surface area (Å²) in [6, 6.07) is -3.46. The number of amides is 11. The Morgan fingerprint density at radius 2 is 0.869 bits per heavy atom. The molecule has 31 heteroatoms. The summed E-state index contributed by atoms with van der Waals surface area (Å²) < 4.78 is 29.9. The highest BCUT2D eigenvalue weighted by Gasteiger charge is 2.29. The zero-order valence-corrected chi connectivity index (χ0v) is 51.6. The van der Waals surface area contributed by atoms with Crippen molar-refractivity contribution in [1.29, 1.82) is 0 Å². The molecule has 0 rings (SSSR count). The molecule has 11 amide bonds. The van der Waals surface area contributed by atoms with Crippen molar-refractivity contribution in [1.82, 2.24) is 58.5 Å². The van der Waals surface area contributed by atoms with Gasteiger partial charge in [-0.3, -0.25) is 67.1 Å². The molecular weight excluding hydrogens is 1170 g/mol. The number of nitrogens with two attached hydrogens (primary N) is 1.